The highest BCUT2D eigenvalue weighted by Crippen LogP contribution is 2.35. The first-order valence-electron chi connectivity index (χ1n) is 8.26. The van der Waals surface area contributed by atoms with E-state index in [2.05, 4.69) is 0 Å². The Morgan fingerprint density at radius 1 is 1.11 bits per heavy atom. The van der Waals surface area contributed by atoms with Crippen molar-refractivity contribution in [3.8, 4) is 22.9 Å². The zero-order valence-electron chi connectivity index (χ0n) is 14.4. The topological polar surface area (TPSA) is 76.1 Å². The van der Waals surface area contributed by atoms with Gasteiger partial charge in [-0.25, -0.2) is 9.18 Å². The van der Waals surface area contributed by atoms with Crippen LogP contribution in [0.4, 0.5) is 9.18 Å². The number of hydrogen-bond acceptors (Lipinski definition) is 3. The van der Waals surface area contributed by atoms with Crippen molar-refractivity contribution in [3.05, 3.63) is 95.7 Å². The molecule has 133 valence electrons. The second kappa shape index (κ2) is 8.15. The van der Waals surface area contributed by atoms with E-state index in [1.165, 1.54) is 12.1 Å². The summed E-state index contributed by atoms with van der Waals surface area (Å²) in [6, 6.07) is 21.1. The lowest BCUT2D eigenvalue weighted by Crippen LogP contribution is -2.17. The van der Waals surface area contributed by atoms with Gasteiger partial charge in [0.2, 0.25) is 0 Å². The van der Waals surface area contributed by atoms with Gasteiger partial charge in [-0.05, 0) is 41.7 Å². The Labute approximate surface area is 156 Å². The van der Waals surface area contributed by atoms with Crippen LogP contribution < -0.4 is 10.5 Å². The maximum absolute atomic E-state index is 14.0. The van der Waals surface area contributed by atoms with Gasteiger partial charge in [-0.3, -0.25) is 0 Å². The molecule has 2 N–H and O–H groups in total. The second-order valence-electron chi connectivity index (χ2n) is 5.85. The highest BCUT2D eigenvalue weighted by atomic mass is 19.1. The number of primary amides is 1. The van der Waals surface area contributed by atoms with Crippen molar-refractivity contribution in [1.29, 1.82) is 5.26 Å². The van der Waals surface area contributed by atoms with Crippen LogP contribution in [-0.4, -0.2) is 6.09 Å². The van der Waals surface area contributed by atoms with Gasteiger partial charge >= 0.3 is 6.09 Å². The number of carbonyl (C=O) groups is 1. The number of para-hydroxylation sites is 1. The summed E-state index contributed by atoms with van der Waals surface area (Å²) in [6.45, 7) is 0. The lowest BCUT2D eigenvalue weighted by molar-refractivity contribution is 0.211. The lowest BCUT2D eigenvalue weighted by atomic mass is 9.97. The zero-order chi connectivity index (χ0) is 19.2. The third-order valence-corrected chi connectivity index (χ3v) is 4.05. The molecule has 3 aromatic rings. The summed E-state index contributed by atoms with van der Waals surface area (Å²) in [5.74, 6) is -0.385. The van der Waals surface area contributed by atoms with Crippen LogP contribution in [0.15, 0.2) is 66.7 Å². The summed E-state index contributed by atoms with van der Waals surface area (Å²) in [7, 11) is 0. The summed E-state index contributed by atoms with van der Waals surface area (Å²) < 4.78 is 19.3. The van der Waals surface area contributed by atoms with Gasteiger partial charge in [-0.2, -0.15) is 5.26 Å². The summed E-state index contributed by atoms with van der Waals surface area (Å²) in [6.07, 6.45) is 1.59. The van der Waals surface area contributed by atoms with E-state index >= 15 is 0 Å². The van der Waals surface area contributed by atoms with E-state index < -0.39 is 11.9 Å². The number of nitrogens with two attached hydrogens (primary N) is 1. The summed E-state index contributed by atoms with van der Waals surface area (Å²) in [4.78, 5) is 11.4. The van der Waals surface area contributed by atoms with Crippen LogP contribution in [0.2, 0.25) is 0 Å². The van der Waals surface area contributed by atoms with Crippen molar-refractivity contribution in [2.75, 3.05) is 0 Å². The number of benzene rings is 3. The first kappa shape index (κ1) is 18.2. The molecule has 0 aliphatic heterocycles. The maximum atomic E-state index is 14.0. The fraction of sp³-hybridized carbons (Fsp3) is 0.0455. The highest BCUT2D eigenvalue weighted by molar-refractivity contribution is 5.78. The first-order chi connectivity index (χ1) is 13.1. The Kier molecular flexibility index (Phi) is 5.48. The van der Waals surface area contributed by atoms with E-state index in [4.69, 9.17) is 15.7 Å². The SMILES string of the molecule is N#Cc1ccc(-c2cccc([CH]Cc3ccccc3)c2OC(N)=O)cc1F. The monoisotopic (exact) mass is 359 g/mol. The van der Waals surface area contributed by atoms with Gasteiger partial charge < -0.3 is 10.5 Å². The number of carbonyl (C=O) groups excluding carboxylic acids is 1. The van der Waals surface area contributed by atoms with E-state index in [9.17, 15) is 9.18 Å². The number of nitriles is 1. The summed E-state index contributed by atoms with van der Waals surface area (Å²) >= 11 is 0. The average Bonchev–Trinajstić information content (AvgIpc) is 2.67. The van der Waals surface area contributed by atoms with E-state index in [0.717, 1.165) is 5.56 Å². The van der Waals surface area contributed by atoms with Crippen molar-refractivity contribution in [2.45, 2.75) is 6.42 Å². The standard InChI is InChI=1S/C22H16FN2O2/c23-20-13-17(11-12-18(20)14-24)19-8-4-7-16(21(19)27-22(25)26)10-9-15-5-2-1-3-6-15/h1-8,10-13H,9H2,(H2,25,26). The molecule has 3 rings (SSSR count). The Bertz CT molecular complexity index is 1010. The Hall–Kier alpha value is -3.65. The van der Waals surface area contributed by atoms with Crippen molar-refractivity contribution in [1.82, 2.24) is 0 Å². The number of rotatable bonds is 5. The zero-order valence-corrected chi connectivity index (χ0v) is 14.4. The molecule has 0 bridgehead atoms. The minimum atomic E-state index is -0.953. The maximum Gasteiger partial charge on any atom is 0.409 e. The third kappa shape index (κ3) is 4.31. The molecule has 5 heteroatoms. The van der Waals surface area contributed by atoms with E-state index in [0.29, 0.717) is 23.1 Å². The molecule has 27 heavy (non-hydrogen) atoms. The third-order valence-electron chi connectivity index (χ3n) is 4.05. The minimum absolute atomic E-state index is 0.0529. The van der Waals surface area contributed by atoms with Gasteiger partial charge in [0.1, 0.15) is 17.6 Å². The molecule has 0 saturated heterocycles. The van der Waals surface area contributed by atoms with Crippen molar-refractivity contribution in [2.24, 2.45) is 5.73 Å². The number of nitrogens with zero attached hydrogens (tertiary/aromatic N) is 1. The molecular weight excluding hydrogens is 343 g/mol. The van der Waals surface area contributed by atoms with Gasteiger partial charge in [0, 0.05) is 5.56 Å². The Morgan fingerprint density at radius 2 is 1.89 bits per heavy atom. The predicted octanol–water partition coefficient (Wildman–Crippen LogP) is 4.62. The summed E-state index contributed by atoms with van der Waals surface area (Å²) in [5.41, 5.74) is 7.94. The van der Waals surface area contributed by atoms with Crippen molar-refractivity contribution >= 4 is 6.09 Å². The molecule has 4 nitrogen and oxygen atoms in total. The van der Waals surface area contributed by atoms with Crippen LogP contribution in [-0.2, 0) is 6.42 Å². The van der Waals surface area contributed by atoms with Crippen LogP contribution in [0, 0.1) is 23.6 Å². The average molecular weight is 359 g/mol. The normalized spacial score (nSPS) is 10.2. The van der Waals surface area contributed by atoms with Gasteiger partial charge in [0.25, 0.3) is 0 Å². The molecule has 0 spiro atoms. The smallest absolute Gasteiger partial charge is 0.409 e. The van der Waals surface area contributed by atoms with Gasteiger partial charge in [0.05, 0.1) is 5.56 Å². The molecule has 0 atom stereocenters. The molecule has 3 aromatic carbocycles. The molecule has 0 aliphatic rings. The molecule has 0 fully saturated rings. The molecule has 0 heterocycles. The number of halogens is 1. The molecule has 0 unspecified atom stereocenters. The molecule has 1 amide bonds. The summed E-state index contributed by atoms with van der Waals surface area (Å²) in [5, 5.41) is 8.89. The van der Waals surface area contributed by atoms with Crippen molar-refractivity contribution in [3.63, 3.8) is 0 Å². The fourth-order valence-corrected chi connectivity index (χ4v) is 2.77. The minimum Gasteiger partial charge on any atom is -0.410 e. The number of ether oxygens (including phenoxy) is 1. The second-order valence-corrected chi connectivity index (χ2v) is 5.85. The predicted molar refractivity (Wildman–Crippen MR) is 100 cm³/mol. The lowest BCUT2D eigenvalue weighted by Gasteiger charge is -2.14. The van der Waals surface area contributed by atoms with Gasteiger partial charge in [0.15, 0.2) is 0 Å². The molecule has 0 saturated carbocycles. The van der Waals surface area contributed by atoms with E-state index in [1.807, 2.05) is 36.8 Å². The van der Waals surface area contributed by atoms with Crippen LogP contribution >= 0.6 is 0 Å². The van der Waals surface area contributed by atoms with Gasteiger partial charge in [-0.15, -0.1) is 0 Å². The molecule has 1 radical (unpaired) electrons. The first-order valence-corrected chi connectivity index (χ1v) is 8.26. The Morgan fingerprint density at radius 3 is 2.56 bits per heavy atom. The Balaban J connectivity index is 2.00. The van der Waals surface area contributed by atoms with Crippen molar-refractivity contribution < 1.29 is 13.9 Å². The fourth-order valence-electron chi connectivity index (χ4n) is 2.77. The molecule has 0 aliphatic carbocycles. The quantitative estimate of drug-likeness (QED) is 0.722. The molecule has 0 aromatic heterocycles. The van der Waals surface area contributed by atoms with Crippen LogP contribution in [0.1, 0.15) is 16.7 Å². The highest BCUT2D eigenvalue weighted by Gasteiger charge is 2.16. The van der Waals surface area contributed by atoms with Crippen LogP contribution in [0.3, 0.4) is 0 Å². The van der Waals surface area contributed by atoms with Crippen LogP contribution in [0.5, 0.6) is 5.75 Å². The molecular formula is C22H16FN2O2. The van der Waals surface area contributed by atoms with Gasteiger partial charge in [-0.1, -0.05) is 54.6 Å². The number of hydrogen-bond donors (Lipinski definition) is 1. The number of amides is 1. The van der Waals surface area contributed by atoms with Crippen LogP contribution in [0.25, 0.3) is 11.1 Å². The van der Waals surface area contributed by atoms with E-state index in [1.54, 1.807) is 30.3 Å². The van der Waals surface area contributed by atoms with E-state index in [-0.39, 0.29) is 11.3 Å². The largest absolute Gasteiger partial charge is 0.410 e.